The van der Waals surface area contributed by atoms with E-state index in [2.05, 4.69) is 21.5 Å². The van der Waals surface area contributed by atoms with E-state index in [-0.39, 0.29) is 0 Å². The summed E-state index contributed by atoms with van der Waals surface area (Å²) < 4.78 is 16.1. The molecule has 3 aromatic rings. The number of likely N-dealkylation sites (N-methyl/N-ethyl adjacent to an activating group) is 1. The molecule has 0 saturated carbocycles. The summed E-state index contributed by atoms with van der Waals surface area (Å²) in [6.07, 6.45) is 0.890. The van der Waals surface area contributed by atoms with E-state index in [1.165, 1.54) is 5.56 Å². The van der Waals surface area contributed by atoms with E-state index in [0.717, 1.165) is 24.1 Å². The Hall–Kier alpha value is -2.86. The van der Waals surface area contributed by atoms with Crippen LogP contribution in [0.3, 0.4) is 0 Å². The Balaban J connectivity index is 1.93. The van der Waals surface area contributed by atoms with Crippen molar-refractivity contribution in [1.82, 2.24) is 15.5 Å². The van der Waals surface area contributed by atoms with E-state index in [4.69, 9.17) is 14.0 Å². The maximum atomic E-state index is 5.50. The zero-order chi connectivity index (χ0) is 17.6. The highest BCUT2D eigenvalue weighted by Crippen LogP contribution is 2.32. The summed E-state index contributed by atoms with van der Waals surface area (Å²) in [6.45, 7) is 0.883. The SMILES string of the molecule is CNCCc1ccccc1-c1nc(-c2ccc(OC)c(OC)c2)no1. The number of methoxy groups -OCH3 is 2. The van der Waals surface area contributed by atoms with E-state index in [0.29, 0.717) is 23.2 Å². The molecule has 3 rings (SSSR count). The van der Waals surface area contributed by atoms with E-state index >= 15 is 0 Å². The van der Waals surface area contributed by atoms with Gasteiger partial charge < -0.3 is 19.3 Å². The van der Waals surface area contributed by atoms with Gasteiger partial charge in [-0.2, -0.15) is 4.98 Å². The predicted octanol–water partition coefficient (Wildman–Crippen LogP) is 3.18. The average Bonchev–Trinajstić information content (AvgIpc) is 3.16. The van der Waals surface area contributed by atoms with Crippen LogP contribution in [0.4, 0.5) is 0 Å². The third kappa shape index (κ3) is 3.64. The molecule has 0 aliphatic carbocycles. The zero-order valence-corrected chi connectivity index (χ0v) is 14.6. The van der Waals surface area contributed by atoms with Gasteiger partial charge in [0.25, 0.3) is 5.89 Å². The summed E-state index contributed by atoms with van der Waals surface area (Å²) in [7, 11) is 5.14. The quantitative estimate of drug-likeness (QED) is 0.713. The van der Waals surface area contributed by atoms with Crippen LogP contribution in [-0.2, 0) is 6.42 Å². The first-order chi connectivity index (χ1) is 12.3. The normalized spacial score (nSPS) is 10.7. The molecule has 130 valence electrons. The summed E-state index contributed by atoms with van der Waals surface area (Å²) in [4.78, 5) is 4.56. The molecule has 0 atom stereocenters. The van der Waals surface area contributed by atoms with Gasteiger partial charge in [-0.15, -0.1) is 0 Å². The van der Waals surface area contributed by atoms with Crippen LogP contribution in [0.5, 0.6) is 11.5 Å². The summed E-state index contributed by atoms with van der Waals surface area (Å²) in [6, 6.07) is 13.6. The molecule has 2 aromatic carbocycles. The molecule has 0 amide bonds. The molecule has 0 spiro atoms. The first kappa shape index (κ1) is 17.0. The standard InChI is InChI=1S/C19H21N3O3/c1-20-11-10-13-6-4-5-7-15(13)19-21-18(22-25-19)14-8-9-16(23-2)17(12-14)24-3/h4-9,12,20H,10-11H2,1-3H3. The van der Waals surface area contributed by atoms with Crippen molar-refractivity contribution in [2.45, 2.75) is 6.42 Å². The minimum Gasteiger partial charge on any atom is -0.493 e. The average molecular weight is 339 g/mol. The lowest BCUT2D eigenvalue weighted by molar-refractivity contribution is 0.355. The monoisotopic (exact) mass is 339 g/mol. The highest BCUT2D eigenvalue weighted by atomic mass is 16.5. The van der Waals surface area contributed by atoms with Gasteiger partial charge in [0.15, 0.2) is 11.5 Å². The summed E-state index contributed by atoms with van der Waals surface area (Å²) in [5.74, 6) is 2.31. The van der Waals surface area contributed by atoms with Gasteiger partial charge in [-0.05, 0) is 49.8 Å². The summed E-state index contributed by atoms with van der Waals surface area (Å²) in [5, 5.41) is 7.27. The van der Waals surface area contributed by atoms with Gasteiger partial charge in [-0.3, -0.25) is 0 Å². The molecule has 0 unspecified atom stereocenters. The van der Waals surface area contributed by atoms with E-state index in [1.54, 1.807) is 14.2 Å². The number of hydrogen-bond donors (Lipinski definition) is 1. The molecular weight excluding hydrogens is 318 g/mol. The van der Waals surface area contributed by atoms with Crippen LogP contribution in [-0.4, -0.2) is 38.0 Å². The fourth-order valence-corrected chi connectivity index (χ4v) is 2.63. The number of nitrogens with one attached hydrogen (secondary N) is 1. The van der Waals surface area contributed by atoms with Crippen LogP contribution < -0.4 is 14.8 Å². The van der Waals surface area contributed by atoms with Gasteiger partial charge in [0, 0.05) is 11.1 Å². The molecule has 1 heterocycles. The molecule has 6 nitrogen and oxygen atoms in total. The lowest BCUT2D eigenvalue weighted by Gasteiger charge is -2.07. The van der Waals surface area contributed by atoms with Crippen molar-refractivity contribution in [2.75, 3.05) is 27.8 Å². The van der Waals surface area contributed by atoms with Crippen molar-refractivity contribution in [2.24, 2.45) is 0 Å². The second-order valence-corrected chi connectivity index (χ2v) is 5.50. The Morgan fingerprint density at radius 2 is 1.84 bits per heavy atom. The van der Waals surface area contributed by atoms with Crippen LogP contribution in [0.2, 0.25) is 0 Å². The maximum absolute atomic E-state index is 5.50. The molecule has 0 radical (unpaired) electrons. The highest BCUT2D eigenvalue weighted by molar-refractivity contribution is 5.65. The topological polar surface area (TPSA) is 69.4 Å². The number of nitrogens with zero attached hydrogens (tertiary/aromatic N) is 2. The van der Waals surface area contributed by atoms with Gasteiger partial charge in [0.05, 0.1) is 14.2 Å². The van der Waals surface area contributed by atoms with Gasteiger partial charge >= 0.3 is 0 Å². The van der Waals surface area contributed by atoms with E-state index < -0.39 is 0 Å². The third-order valence-electron chi connectivity index (χ3n) is 3.96. The van der Waals surface area contributed by atoms with Crippen molar-refractivity contribution in [3.63, 3.8) is 0 Å². The smallest absolute Gasteiger partial charge is 0.258 e. The first-order valence-corrected chi connectivity index (χ1v) is 8.05. The lowest BCUT2D eigenvalue weighted by atomic mass is 10.0. The van der Waals surface area contributed by atoms with Crippen molar-refractivity contribution in [3.05, 3.63) is 48.0 Å². The van der Waals surface area contributed by atoms with Crippen molar-refractivity contribution in [3.8, 4) is 34.3 Å². The molecule has 25 heavy (non-hydrogen) atoms. The fourth-order valence-electron chi connectivity index (χ4n) is 2.63. The molecular formula is C19H21N3O3. The molecule has 0 saturated heterocycles. The molecule has 6 heteroatoms. The molecule has 1 N–H and O–H groups in total. The lowest BCUT2D eigenvalue weighted by Crippen LogP contribution is -2.10. The Kier molecular flexibility index (Phi) is 5.30. The minimum atomic E-state index is 0.511. The van der Waals surface area contributed by atoms with Gasteiger partial charge in [-0.1, -0.05) is 23.4 Å². The fraction of sp³-hybridized carbons (Fsp3) is 0.263. The van der Waals surface area contributed by atoms with Crippen LogP contribution in [0.15, 0.2) is 47.0 Å². The molecule has 0 aliphatic heterocycles. The second-order valence-electron chi connectivity index (χ2n) is 5.50. The van der Waals surface area contributed by atoms with Crippen LogP contribution in [0.1, 0.15) is 5.56 Å². The minimum absolute atomic E-state index is 0.511. The third-order valence-corrected chi connectivity index (χ3v) is 3.96. The summed E-state index contributed by atoms with van der Waals surface area (Å²) >= 11 is 0. The van der Waals surface area contributed by atoms with Crippen LogP contribution in [0, 0.1) is 0 Å². The second kappa shape index (κ2) is 7.81. The Labute approximate surface area is 146 Å². The number of benzene rings is 2. The number of aromatic nitrogens is 2. The molecule has 0 aliphatic rings. The Morgan fingerprint density at radius 3 is 2.60 bits per heavy atom. The van der Waals surface area contributed by atoms with Crippen molar-refractivity contribution < 1.29 is 14.0 Å². The molecule has 0 bridgehead atoms. The van der Waals surface area contributed by atoms with Crippen molar-refractivity contribution >= 4 is 0 Å². The number of ether oxygens (including phenoxy) is 2. The van der Waals surface area contributed by atoms with E-state index in [9.17, 15) is 0 Å². The predicted molar refractivity (Wildman–Crippen MR) is 95.9 cm³/mol. The van der Waals surface area contributed by atoms with E-state index in [1.807, 2.05) is 43.4 Å². The number of rotatable bonds is 7. The molecule has 0 fully saturated rings. The highest BCUT2D eigenvalue weighted by Gasteiger charge is 2.15. The maximum Gasteiger partial charge on any atom is 0.258 e. The largest absolute Gasteiger partial charge is 0.493 e. The number of hydrogen-bond acceptors (Lipinski definition) is 6. The molecule has 1 aromatic heterocycles. The Bertz CT molecular complexity index is 845. The Morgan fingerprint density at radius 1 is 1.04 bits per heavy atom. The van der Waals surface area contributed by atoms with Crippen LogP contribution in [0.25, 0.3) is 22.8 Å². The van der Waals surface area contributed by atoms with Gasteiger partial charge in [0.2, 0.25) is 5.82 Å². The van der Waals surface area contributed by atoms with Gasteiger partial charge in [-0.25, -0.2) is 0 Å². The van der Waals surface area contributed by atoms with Crippen LogP contribution >= 0.6 is 0 Å². The van der Waals surface area contributed by atoms with Crippen molar-refractivity contribution in [1.29, 1.82) is 0 Å². The summed E-state index contributed by atoms with van der Waals surface area (Å²) in [5.41, 5.74) is 2.93. The van der Waals surface area contributed by atoms with Gasteiger partial charge in [0.1, 0.15) is 0 Å². The zero-order valence-electron chi connectivity index (χ0n) is 14.6. The first-order valence-electron chi connectivity index (χ1n) is 8.05.